The average Bonchev–Trinajstić information content (AvgIpc) is 2.85. The van der Waals surface area contributed by atoms with Crippen molar-refractivity contribution in [3.8, 4) is 17.1 Å². The molecular weight excluding hydrogens is 280 g/mol. The number of phenols is 1. The Hall–Kier alpha value is -1.52. The largest absolute Gasteiger partial charge is 0.508 e. The second kappa shape index (κ2) is 5.70. The van der Waals surface area contributed by atoms with Gasteiger partial charge < -0.3 is 13.9 Å². The summed E-state index contributed by atoms with van der Waals surface area (Å²) in [4.78, 5) is 0. The molecule has 0 saturated carbocycles. The SMILES string of the molecule is CC(C)(C)[Si](C)(C)OCc1ccc(-c2ccc(O)cc2)o1. The predicted octanol–water partition coefficient (Wildman–Crippen LogP) is 5.17. The zero-order valence-electron chi connectivity index (χ0n) is 13.4. The van der Waals surface area contributed by atoms with Crippen LogP contribution in [0.1, 0.15) is 26.5 Å². The minimum Gasteiger partial charge on any atom is -0.508 e. The molecule has 0 spiro atoms. The van der Waals surface area contributed by atoms with E-state index >= 15 is 0 Å². The van der Waals surface area contributed by atoms with E-state index in [1.54, 1.807) is 12.1 Å². The summed E-state index contributed by atoms with van der Waals surface area (Å²) in [5.41, 5.74) is 0.950. The van der Waals surface area contributed by atoms with Crippen molar-refractivity contribution in [2.24, 2.45) is 0 Å². The normalized spacial score (nSPS) is 12.6. The lowest BCUT2D eigenvalue weighted by Gasteiger charge is -2.35. The maximum absolute atomic E-state index is 9.31. The molecule has 0 fully saturated rings. The molecule has 0 unspecified atom stereocenters. The topological polar surface area (TPSA) is 42.6 Å². The Morgan fingerprint density at radius 3 is 2.24 bits per heavy atom. The van der Waals surface area contributed by atoms with Crippen LogP contribution in [0.15, 0.2) is 40.8 Å². The van der Waals surface area contributed by atoms with E-state index in [-0.39, 0.29) is 10.8 Å². The Kier molecular flexibility index (Phi) is 4.30. The first-order chi connectivity index (χ1) is 9.69. The molecule has 0 aliphatic heterocycles. The van der Waals surface area contributed by atoms with Crippen molar-refractivity contribution in [1.29, 1.82) is 0 Å². The molecule has 1 heterocycles. The van der Waals surface area contributed by atoms with Gasteiger partial charge in [0.15, 0.2) is 8.32 Å². The van der Waals surface area contributed by atoms with Gasteiger partial charge in [0.25, 0.3) is 0 Å². The van der Waals surface area contributed by atoms with Gasteiger partial charge in [-0.05, 0) is 54.5 Å². The lowest BCUT2D eigenvalue weighted by atomic mass is 10.2. The molecule has 21 heavy (non-hydrogen) atoms. The number of rotatable bonds is 4. The van der Waals surface area contributed by atoms with Gasteiger partial charge in [-0.25, -0.2) is 0 Å². The number of furan rings is 1. The van der Waals surface area contributed by atoms with Gasteiger partial charge in [0, 0.05) is 5.56 Å². The van der Waals surface area contributed by atoms with E-state index in [1.165, 1.54) is 0 Å². The summed E-state index contributed by atoms with van der Waals surface area (Å²) in [6.45, 7) is 11.7. The smallest absolute Gasteiger partial charge is 0.192 e. The van der Waals surface area contributed by atoms with Crippen LogP contribution in [0.5, 0.6) is 5.75 Å². The van der Waals surface area contributed by atoms with Crippen molar-refractivity contribution in [2.45, 2.75) is 45.5 Å². The van der Waals surface area contributed by atoms with Gasteiger partial charge in [-0.1, -0.05) is 20.8 Å². The molecule has 0 bridgehead atoms. The number of phenolic OH excluding ortho intramolecular Hbond substituents is 1. The monoisotopic (exact) mass is 304 g/mol. The lowest BCUT2D eigenvalue weighted by Crippen LogP contribution is -2.40. The Labute approximate surface area is 127 Å². The quantitative estimate of drug-likeness (QED) is 0.792. The van der Waals surface area contributed by atoms with Crippen LogP contribution in [0.2, 0.25) is 18.1 Å². The van der Waals surface area contributed by atoms with Crippen LogP contribution in [0.3, 0.4) is 0 Å². The van der Waals surface area contributed by atoms with Crippen LogP contribution >= 0.6 is 0 Å². The summed E-state index contributed by atoms with van der Waals surface area (Å²) in [6, 6.07) is 10.9. The van der Waals surface area contributed by atoms with Crippen molar-refractivity contribution in [2.75, 3.05) is 0 Å². The molecule has 1 N–H and O–H groups in total. The fraction of sp³-hybridized carbons (Fsp3) is 0.412. The van der Waals surface area contributed by atoms with Gasteiger partial charge in [-0.15, -0.1) is 0 Å². The molecule has 3 nitrogen and oxygen atoms in total. The fourth-order valence-corrected chi connectivity index (χ4v) is 2.64. The Morgan fingerprint density at radius 2 is 1.67 bits per heavy atom. The zero-order chi connectivity index (χ0) is 15.7. The molecule has 1 aromatic carbocycles. The highest BCUT2D eigenvalue weighted by atomic mass is 28.4. The summed E-state index contributed by atoms with van der Waals surface area (Å²) in [7, 11) is -1.76. The molecule has 0 aliphatic rings. The zero-order valence-corrected chi connectivity index (χ0v) is 14.4. The molecule has 114 valence electrons. The minimum atomic E-state index is -1.76. The van der Waals surface area contributed by atoms with Gasteiger partial charge in [-0.3, -0.25) is 0 Å². The number of aromatic hydroxyl groups is 1. The standard InChI is InChI=1S/C17H24O3Si/c1-17(2,3)21(4,5)19-12-15-10-11-16(20-15)13-6-8-14(18)9-7-13/h6-11,18H,12H2,1-5H3. The third-order valence-electron chi connectivity index (χ3n) is 4.19. The van der Waals surface area contributed by atoms with E-state index in [4.69, 9.17) is 8.84 Å². The highest BCUT2D eigenvalue weighted by Crippen LogP contribution is 2.37. The lowest BCUT2D eigenvalue weighted by molar-refractivity contribution is 0.247. The van der Waals surface area contributed by atoms with Crippen molar-refractivity contribution in [3.63, 3.8) is 0 Å². The molecule has 4 heteroatoms. The van der Waals surface area contributed by atoms with Crippen LogP contribution in [-0.2, 0) is 11.0 Å². The molecule has 0 amide bonds. The second-order valence-corrected chi connectivity index (χ2v) is 11.7. The molecule has 1 aromatic heterocycles. The highest BCUT2D eigenvalue weighted by molar-refractivity contribution is 6.74. The molecule has 2 rings (SSSR count). The molecule has 2 aromatic rings. The van der Waals surface area contributed by atoms with E-state index < -0.39 is 8.32 Å². The number of hydrogen-bond acceptors (Lipinski definition) is 3. The molecule has 0 saturated heterocycles. The first-order valence-corrected chi connectivity index (χ1v) is 10.1. The van der Waals surface area contributed by atoms with Crippen LogP contribution in [0.4, 0.5) is 0 Å². The van der Waals surface area contributed by atoms with Gasteiger partial charge >= 0.3 is 0 Å². The van der Waals surface area contributed by atoms with E-state index in [0.717, 1.165) is 17.1 Å². The first kappa shape index (κ1) is 15.9. The minimum absolute atomic E-state index is 0.194. The van der Waals surface area contributed by atoms with Crippen molar-refractivity contribution < 1.29 is 13.9 Å². The van der Waals surface area contributed by atoms with Gasteiger partial charge in [-0.2, -0.15) is 0 Å². The summed E-state index contributed by atoms with van der Waals surface area (Å²) in [5.74, 6) is 1.89. The van der Waals surface area contributed by atoms with Crippen LogP contribution in [-0.4, -0.2) is 13.4 Å². The van der Waals surface area contributed by atoms with E-state index in [0.29, 0.717) is 6.61 Å². The maximum atomic E-state index is 9.31. The van der Waals surface area contributed by atoms with Gasteiger partial charge in [0.2, 0.25) is 0 Å². The van der Waals surface area contributed by atoms with Crippen molar-refractivity contribution >= 4 is 8.32 Å². The molecule has 0 aliphatic carbocycles. The van der Waals surface area contributed by atoms with Crippen molar-refractivity contribution in [1.82, 2.24) is 0 Å². The van der Waals surface area contributed by atoms with Crippen LogP contribution < -0.4 is 0 Å². The van der Waals surface area contributed by atoms with Gasteiger partial charge in [0.1, 0.15) is 17.3 Å². The fourth-order valence-electron chi connectivity index (χ4n) is 1.70. The van der Waals surface area contributed by atoms with Gasteiger partial charge in [0.05, 0.1) is 6.61 Å². The number of benzene rings is 1. The average molecular weight is 304 g/mol. The van der Waals surface area contributed by atoms with Crippen LogP contribution in [0.25, 0.3) is 11.3 Å². The summed E-state index contributed by atoms with van der Waals surface area (Å²) in [6.07, 6.45) is 0. The van der Waals surface area contributed by atoms with E-state index in [2.05, 4.69) is 33.9 Å². The summed E-state index contributed by atoms with van der Waals surface area (Å²) >= 11 is 0. The van der Waals surface area contributed by atoms with Crippen molar-refractivity contribution in [3.05, 3.63) is 42.2 Å². The Morgan fingerprint density at radius 1 is 1.05 bits per heavy atom. The number of hydrogen-bond donors (Lipinski definition) is 1. The first-order valence-electron chi connectivity index (χ1n) is 7.21. The summed E-state index contributed by atoms with van der Waals surface area (Å²) < 4.78 is 12.0. The molecule has 0 radical (unpaired) electrons. The van der Waals surface area contributed by atoms with E-state index in [1.807, 2.05) is 24.3 Å². The Bertz CT molecular complexity index is 591. The molecular formula is C17H24O3Si. The summed E-state index contributed by atoms with van der Waals surface area (Å²) in [5, 5.41) is 9.51. The highest BCUT2D eigenvalue weighted by Gasteiger charge is 2.37. The maximum Gasteiger partial charge on any atom is 0.192 e. The third kappa shape index (κ3) is 3.77. The Balaban J connectivity index is 2.06. The third-order valence-corrected chi connectivity index (χ3v) is 8.67. The second-order valence-electron chi connectivity index (χ2n) is 6.86. The predicted molar refractivity (Wildman–Crippen MR) is 87.8 cm³/mol. The van der Waals surface area contributed by atoms with E-state index in [9.17, 15) is 5.11 Å². The van der Waals surface area contributed by atoms with Crippen LogP contribution in [0, 0.1) is 0 Å². The molecule has 0 atom stereocenters.